The largest absolute Gasteiger partial charge is 0.390 e. The summed E-state index contributed by atoms with van der Waals surface area (Å²) in [6, 6.07) is 0.172. The monoisotopic (exact) mass is 414 g/mol. The minimum Gasteiger partial charge on any atom is -0.390 e. The summed E-state index contributed by atoms with van der Waals surface area (Å²) in [5.41, 5.74) is 1.04. The molecule has 5 fully saturated rings. The lowest BCUT2D eigenvalue weighted by Gasteiger charge is -2.58. The Kier molecular flexibility index (Phi) is 5.44. The smallest absolute Gasteiger partial charge is 0.254 e. The van der Waals surface area contributed by atoms with Gasteiger partial charge >= 0.3 is 0 Å². The van der Waals surface area contributed by atoms with Crippen molar-refractivity contribution < 1.29 is 14.6 Å². The molecule has 30 heavy (non-hydrogen) atoms. The number of anilines is 1. The van der Waals surface area contributed by atoms with Crippen LogP contribution in [0.4, 0.5) is 5.95 Å². The van der Waals surface area contributed by atoms with Gasteiger partial charge in [-0.05, 0) is 62.7 Å². The van der Waals surface area contributed by atoms with Crippen LogP contribution in [0, 0.1) is 17.8 Å². The number of methoxy groups -OCH3 is 1. The van der Waals surface area contributed by atoms with Gasteiger partial charge in [0.05, 0.1) is 23.5 Å². The molecule has 5 aliphatic rings. The molecule has 1 aromatic rings. The summed E-state index contributed by atoms with van der Waals surface area (Å²) in [5.74, 6) is 2.30. The summed E-state index contributed by atoms with van der Waals surface area (Å²) < 4.78 is 5.09. The van der Waals surface area contributed by atoms with E-state index in [-0.39, 0.29) is 11.9 Å². The second kappa shape index (κ2) is 8.08. The van der Waals surface area contributed by atoms with Gasteiger partial charge in [0.25, 0.3) is 5.91 Å². The summed E-state index contributed by atoms with van der Waals surface area (Å²) in [6.07, 6.45) is 11.1. The summed E-state index contributed by atoms with van der Waals surface area (Å²) in [4.78, 5) is 22.6. The van der Waals surface area contributed by atoms with Crippen molar-refractivity contribution in [3.8, 4) is 0 Å². The van der Waals surface area contributed by atoms with Gasteiger partial charge in [0.2, 0.25) is 5.95 Å². The van der Waals surface area contributed by atoms with E-state index in [9.17, 15) is 9.90 Å². The normalized spacial score (nSPS) is 35.0. The van der Waals surface area contributed by atoms with Gasteiger partial charge in [-0.1, -0.05) is 12.8 Å². The molecule has 1 aromatic heterocycles. The number of hydrogen-bond donors (Lipinski definition) is 3. The maximum Gasteiger partial charge on any atom is 0.254 e. The molecule has 0 spiro atoms. The van der Waals surface area contributed by atoms with Crippen molar-refractivity contribution in [1.82, 2.24) is 15.3 Å². The molecule has 1 amide bonds. The number of nitrogens with zero attached hydrogens (tertiary/aromatic N) is 2. The van der Waals surface area contributed by atoms with E-state index in [4.69, 9.17) is 9.72 Å². The van der Waals surface area contributed by atoms with Crippen LogP contribution < -0.4 is 10.6 Å². The van der Waals surface area contributed by atoms with Crippen LogP contribution in [0.15, 0.2) is 6.20 Å². The van der Waals surface area contributed by atoms with Gasteiger partial charge in [0.1, 0.15) is 0 Å². The van der Waals surface area contributed by atoms with Crippen LogP contribution in [0.5, 0.6) is 0 Å². The molecular formula is C23H34N4O3. The number of amides is 1. The minimum atomic E-state index is -0.481. The van der Waals surface area contributed by atoms with E-state index in [2.05, 4.69) is 15.6 Å². The third-order valence-corrected chi connectivity index (χ3v) is 7.93. The molecule has 2 unspecified atom stereocenters. The van der Waals surface area contributed by atoms with Crippen molar-refractivity contribution in [2.45, 2.75) is 75.3 Å². The van der Waals surface area contributed by atoms with E-state index < -0.39 is 5.60 Å². The second-order valence-electron chi connectivity index (χ2n) is 10.1. The Morgan fingerprint density at radius 3 is 2.63 bits per heavy atom. The highest BCUT2D eigenvalue weighted by Crippen LogP contribution is 2.55. The Balaban J connectivity index is 1.34. The van der Waals surface area contributed by atoms with Gasteiger partial charge in [-0.25, -0.2) is 9.97 Å². The highest BCUT2D eigenvalue weighted by Gasteiger charge is 2.55. The van der Waals surface area contributed by atoms with Crippen LogP contribution in [0.25, 0.3) is 0 Å². The Morgan fingerprint density at radius 2 is 1.97 bits per heavy atom. The van der Waals surface area contributed by atoms with E-state index in [1.54, 1.807) is 13.3 Å². The average molecular weight is 415 g/mol. The van der Waals surface area contributed by atoms with Crippen molar-refractivity contribution in [2.75, 3.05) is 25.6 Å². The van der Waals surface area contributed by atoms with Crippen LogP contribution in [-0.2, 0) is 4.74 Å². The molecule has 2 atom stereocenters. The fraction of sp³-hybridized carbons (Fsp3) is 0.783. The van der Waals surface area contributed by atoms with Gasteiger partial charge in [-0.3, -0.25) is 4.79 Å². The third kappa shape index (κ3) is 3.82. The topological polar surface area (TPSA) is 96.4 Å². The highest BCUT2D eigenvalue weighted by molar-refractivity contribution is 5.95. The summed E-state index contributed by atoms with van der Waals surface area (Å²) >= 11 is 0. The van der Waals surface area contributed by atoms with Crippen molar-refractivity contribution >= 4 is 11.9 Å². The van der Waals surface area contributed by atoms with Crippen LogP contribution in [0.2, 0.25) is 0 Å². The van der Waals surface area contributed by atoms with Gasteiger partial charge in [0.15, 0.2) is 0 Å². The Morgan fingerprint density at radius 1 is 1.23 bits per heavy atom. The molecule has 3 N–H and O–H groups in total. The van der Waals surface area contributed by atoms with E-state index in [1.165, 1.54) is 12.8 Å². The third-order valence-electron chi connectivity index (χ3n) is 7.93. The molecule has 7 nitrogen and oxygen atoms in total. The van der Waals surface area contributed by atoms with E-state index in [0.29, 0.717) is 48.3 Å². The summed E-state index contributed by atoms with van der Waals surface area (Å²) in [7, 11) is 1.67. The molecule has 4 bridgehead atoms. The first kappa shape index (κ1) is 20.2. The molecule has 1 heterocycles. The first-order chi connectivity index (χ1) is 14.5. The van der Waals surface area contributed by atoms with Crippen molar-refractivity contribution in [3.05, 3.63) is 17.5 Å². The van der Waals surface area contributed by atoms with Crippen LogP contribution in [-0.4, -0.2) is 52.9 Å². The zero-order valence-electron chi connectivity index (χ0n) is 17.9. The number of aliphatic hydroxyl groups is 1. The van der Waals surface area contributed by atoms with Gasteiger partial charge in [0, 0.05) is 31.8 Å². The van der Waals surface area contributed by atoms with E-state index in [1.807, 2.05) is 0 Å². The molecule has 5 aliphatic carbocycles. The number of hydrogen-bond acceptors (Lipinski definition) is 6. The number of ether oxygens (including phenoxy) is 1. The SMILES string of the molecule is COCCNc1ncc(C(=O)N[C@H]2C3CC4CC2C[C@@](O)(C4)C3)c(C2CCCC2)n1. The van der Waals surface area contributed by atoms with Gasteiger partial charge < -0.3 is 20.5 Å². The van der Waals surface area contributed by atoms with Crippen LogP contribution >= 0.6 is 0 Å². The van der Waals surface area contributed by atoms with E-state index in [0.717, 1.165) is 50.6 Å². The van der Waals surface area contributed by atoms with Crippen molar-refractivity contribution in [1.29, 1.82) is 0 Å². The Bertz CT molecular complexity index is 779. The Hall–Kier alpha value is -1.73. The lowest BCUT2D eigenvalue weighted by atomic mass is 9.52. The number of nitrogens with one attached hydrogen (secondary N) is 2. The second-order valence-corrected chi connectivity index (χ2v) is 10.1. The lowest BCUT2D eigenvalue weighted by Crippen LogP contribution is -2.61. The average Bonchev–Trinajstić information content (AvgIpc) is 3.24. The molecule has 164 valence electrons. The molecular weight excluding hydrogens is 380 g/mol. The predicted octanol–water partition coefficient (Wildman–Crippen LogP) is 2.86. The highest BCUT2D eigenvalue weighted by atomic mass is 16.5. The number of carbonyl (C=O) groups is 1. The van der Waals surface area contributed by atoms with Gasteiger partial charge in [-0.2, -0.15) is 0 Å². The maximum absolute atomic E-state index is 13.4. The lowest BCUT2D eigenvalue weighted by molar-refractivity contribution is -0.136. The molecule has 0 saturated heterocycles. The standard InChI is InChI=1S/C23H34N4O3/c1-30-7-6-24-22-25-13-18(20(27-22)15-4-2-3-5-15)21(28)26-19-16-8-14-9-17(19)12-23(29,10-14)11-16/h13-17,19,29H,2-12H2,1H3,(H,26,28)(H,24,25,27)/t14?,16?,17?,19-,23+. The summed E-state index contributed by atoms with van der Waals surface area (Å²) in [6.45, 7) is 1.23. The molecule has 0 aliphatic heterocycles. The summed E-state index contributed by atoms with van der Waals surface area (Å²) in [5, 5.41) is 17.4. The number of aromatic nitrogens is 2. The minimum absolute atomic E-state index is 0.0372. The number of carbonyl (C=O) groups excluding carboxylic acids is 1. The van der Waals surface area contributed by atoms with Crippen LogP contribution in [0.3, 0.4) is 0 Å². The fourth-order valence-electron chi connectivity index (χ4n) is 6.88. The molecule has 0 aromatic carbocycles. The predicted molar refractivity (Wildman–Crippen MR) is 113 cm³/mol. The first-order valence-corrected chi connectivity index (χ1v) is 11.7. The molecule has 5 saturated carbocycles. The molecule has 6 rings (SSSR count). The molecule has 0 radical (unpaired) electrons. The molecule has 7 heteroatoms. The quantitative estimate of drug-likeness (QED) is 0.594. The first-order valence-electron chi connectivity index (χ1n) is 11.7. The van der Waals surface area contributed by atoms with Gasteiger partial charge in [-0.15, -0.1) is 0 Å². The van der Waals surface area contributed by atoms with Crippen molar-refractivity contribution in [2.24, 2.45) is 17.8 Å². The maximum atomic E-state index is 13.4. The fourth-order valence-corrected chi connectivity index (χ4v) is 6.88. The zero-order chi connectivity index (χ0) is 20.7. The van der Waals surface area contributed by atoms with Crippen molar-refractivity contribution in [3.63, 3.8) is 0 Å². The van der Waals surface area contributed by atoms with Crippen LogP contribution in [0.1, 0.15) is 79.8 Å². The Labute approximate surface area is 178 Å². The van der Waals surface area contributed by atoms with E-state index >= 15 is 0 Å². The number of rotatable bonds is 7. The zero-order valence-corrected chi connectivity index (χ0v) is 17.9.